The Morgan fingerprint density at radius 1 is 1.06 bits per heavy atom. The zero-order chi connectivity index (χ0) is 22.1. The number of carbonyl (C=O) groups is 1. The van der Waals surface area contributed by atoms with Crippen LogP contribution in [0.2, 0.25) is 0 Å². The molecule has 32 heavy (non-hydrogen) atoms. The number of pyridine rings is 1. The number of halogens is 1. The molecular weight excluding hydrogens is 470 g/mol. The second kappa shape index (κ2) is 9.14. The van der Waals surface area contributed by atoms with Crippen molar-refractivity contribution < 1.29 is 14.3 Å². The molecule has 7 heteroatoms. The Hall–Kier alpha value is -2.54. The van der Waals surface area contributed by atoms with Crippen molar-refractivity contribution in [3.05, 3.63) is 41.0 Å². The molecule has 0 amide bonds. The van der Waals surface area contributed by atoms with Crippen LogP contribution in [0.25, 0.3) is 16.9 Å². The second-order valence-corrected chi connectivity index (χ2v) is 9.69. The zero-order valence-electron chi connectivity index (χ0n) is 18.3. The Kier molecular flexibility index (Phi) is 6.09. The van der Waals surface area contributed by atoms with E-state index in [1.165, 1.54) is 32.1 Å². The van der Waals surface area contributed by atoms with E-state index in [2.05, 4.69) is 25.6 Å². The first-order valence-electron chi connectivity index (χ1n) is 11.5. The van der Waals surface area contributed by atoms with E-state index < -0.39 is 0 Å². The first-order chi connectivity index (χ1) is 15.6. The summed E-state index contributed by atoms with van der Waals surface area (Å²) in [6.45, 7) is 0. The molecule has 168 valence electrons. The molecule has 6 nitrogen and oxygen atoms in total. The van der Waals surface area contributed by atoms with E-state index in [1.807, 2.05) is 36.5 Å². The summed E-state index contributed by atoms with van der Waals surface area (Å²) in [5.41, 5.74) is 2.66. The molecule has 2 aromatic heterocycles. The summed E-state index contributed by atoms with van der Waals surface area (Å²) < 4.78 is 14.3. The van der Waals surface area contributed by atoms with Crippen LogP contribution in [0.3, 0.4) is 0 Å². The molecule has 0 radical (unpaired) electrons. The molecule has 0 atom stereocenters. The van der Waals surface area contributed by atoms with Gasteiger partial charge < -0.3 is 14.8 Å². The summed E-state index contributed by atoms with van der Waals surface area (Å²) in [5, 5.41) is 3.77. The minimum Gasteiger partial charge on any atom is -0.493 e. The van der Waals surface area contributed by atoms with Crippen LogP contribution >= 0.6 is 15.9 Å². The number of ether oxygens (including phenoxy) is 2. The van der Waals surface area contributed by atoms with Crippen molar-refractivity contribution in [2.45, 2.75) is 57.4 Å². The van der Waals surface area contributed by atoms with Crippen molar-refractivity contribution in [3.63, 3.8) is 0 Å². The predicted molar refractivity (Wildman–Crippen MR) is 128 cm³/mol. The van der Waals surface area contributed by atoms with Crippen molar-refractivity contribution in [3.8, 4) is 22.8 Å². The molecule has 2 fully saturated rings. The minimum absolute atomic E-state index is 0.0163. The zero-order valence-corrected chi connectivity index (χ0v) is 19.9. The Morgan fingerprint density at radius 2 is 1.88 bits per heavy atom. The number of anilines is 1. The molecule has 0 saturated heterocycles. The van der Waals surface area contributed by atoms with Crippen molar-refractivity contribution in [2.24, 2.45) is 5.92 Å². The summed E-state index contributed by atoms with van der Waals surface area (Å²) in [6, 6.07) is 10.1. The number of carbonyl (C=O) groups excluding carboxylic acids is 1. The highest BCUT2D eigenvalue weighted by Gasteiger charge is 2.28. The predicted octanol–water partition coefficient (Wildman–Crippen LogP) is 6.22. The third-order valence-electron chi connectivity index (χ3n) is 6.61. The summed E-state index contributed by atoms with van der Waals surface area (Å²) in [5.74, 6) is 1.83. The maximum Gasteiger partial charge on any atom is 0.314 e. The molecule has 2 aliphatic carbocycles. The Labute approximate surface area is 196 Å². The number of nitrogens with one attached hydrogen (secondary N) is 1. The maximum atomic E-state index is 12.3. The number of fused-ring (bicyclic) bond motifs is 1. The summed E-state index contributed by atoms with van der Waals surface area (Å²) in [6.07, 6.45) is 11.1. The smallest absolute Gasteiger partial charge is 0.314 e. The lowest BCUT2D eigenvalue weighted by molar-refractivity contribution is -0.141. The van der Waals surface area contributed by atoms with E-state index >= 15 is 0 Å². The van der Waals surface area contributed by atoms with E-state index in [4.69, 9.17) is 14.5 Å². The SMILES string of the molecule is COc1cc(-c2nc3ccc(Br)cn3c2NC2CCCCC2)ccc1OC(=O)C1CCC1. The standard InChI is InChI=1S/C25H28BrN3O3/c1-31-21-14-17(10-12-20(21)32-25(30)16-6-5-7-16)23-24(27-19-8-3-2-4-9-19)29-15-18(26)11-13-22(29)28-23/h10-16,19,27H,2-9H2,1H3. The summed E-state index contributed by atoms with van der Waals surface area (Å²) in [4.78, 5) is 17.3. The molecule has 1 aromatic carbocycles. The number of esters is 1. The van der Waals surface area contributed by atoms with E-state index in [0.717, 1.165) is 46.5 Å². The fourth-order valence-electron chi connectivity index (χ4n) is 4.53. The average molecular weight is 498 g/mol. The van der Waals surface area contributed by atoms with Gasteiger partial charge in [0, 0.05) is 22.3 Å². The molecular formula is C25H28BrN3O3. The van der Waals surface area contributed by atoms with Crippen molar-refractivity contribution in [1.29, 1.82) is 0 Å². The molecule has 0 bridgehead atoms. The average Bonchev–Trinajstić information content (AvgIpc) is 3.11. The van der Waals surface area contributed by atoms with Gasteiger partial charge in [-0.05, 0) is 71.9 Å². The lowest BCUT2D eigenvalue weighted by Crippen LogP contribution is -2.26. The van der Waals surface area contributed by atoms with E-state index in [-0.39, 0.29) is 11.9 Å². The van der Waals surface area contributed by atoms with Crippen LogP contribution in [0.15, 0.2) is 41.0 Å². The van der Waals surface area contributed by atoms with Crippen LogP contribution < -0.4 is 14.8 Å². The quantitative estimate of drug-likeness (QED) is 0.323. The topological polar surface area (TPSA) is 64.9 Å². The van der Waals surface area contributed by atoms with Gasteiger partial charge in [-0.2, -0.15) is 0 Å². The van der Waals surface area contributed by atoms with Crippen LogP contribution in [-0.2, 0) is 4.79 Å². The van der Waals surface area contributed by atoms with E-state index in [9.17, 15) is 4.79 Å². The van der Waals surface area contributed by atoms with Crippen LogP contribution in [0.4, 0.5) is 5.82 Å². The van der Waals surface area contributed by atoms with Gasteiger partial charge in [0.2, 0.25) is 0 Å². The Balaban J connectivity index is 1.51. The Morgan fingerprint density at radius 3 is 2.59 bits per heavy atom. The van der Waals surface area contributed by atoms with Gasteiger partial charge in [0.25, 0.3) is 0 Å². The van der Waals surface area contributed by atoms with E-state index in [1.54, 1.807) is 7.11 Å². The fraction of sp³-hybridized carbons (Fsp3) is 0.440. The molecule has 2 aliphatic rings. The molecule has 0 spiro atoms. The fourth-order valence-corrected chi connectivity index (χ4v) is 4.87. The molecule has 1 N–H and O–H groups in total. The largest absolute Gasteiger partial charge is 0.493 e. The molecule has 0 aliphatic heterocycles. The molecule has 2 heterocycles. The number of imidazole rings is 1. The summed E-state index contributed by atoms with van der Waals surface area (Å²) >= 11 is 3.59. The van der Waals surface area contributed by atoms with Crippen molar-refractivity contribution in [2.75, 3.05) is 12.4 Å². The van der Waals surface area contributed by atoms with Gasteiger partial charge in [0.05, 0.1) is 13.0 Å². The number of hydrogen-bond donors (Lipinski definition) is 1. The van der Waals surface area contributed by atoms with Crippen LogP contribution in [-0.4, -0.2) is 28.5 Å². The van der Waals surface area contributed by atoms with Crippen LogP contribution in [0.1, 0.15) is 51.4 Å². The second-order valence-electron chi connectivity index (χ2n) is 8.78. The maximum absolute atomic E-state index is 12.3. The normalized spacial score (nSPS) is 17.2. The van der Waals surface area contributed by atoms with Gasteiger partial charge in [-0.1, -0.05) is 25.7 Å². The highest BCUT2D eigenvalue weighted by atomic mass is 79.9. The van der Waals surface area contributed by atoms with Gasteiger partial charge >= 0.3 is 5.97 Å². The first kappa shape index (κ1) is 21.3. The molecule has 0 unspecified atom stereocenters. The Bertz CT molecular complexity index is 1130. The van der Waals surface area contributed by atoms with Gasteiger partial charge in [-0.3, -0.25) is 9.20 Å². The van der Waals surface area contributed by atoms with Gasteiger partial charge in [0.15, 0.2) is 11.5 Å². The number of rotatable bonds is 6. The molecule has 5 rings (SSSR count). The molecule has 3 aromatic rings. The third-order valence-corrected chi connectivity index (χ3v) is 7.08. The van der Waals surface area contributed by atoms with Gasteiger partial charge in [-0.15, -0.1) is 0 Å². The highest BCUT2D eigenvalue weighted by molar-refractivity contribution is 9.10. The first-order valence-corrected chi connectivity index (χ1v) is 12.3. The third kappa shape index (κ3) is 4.22. The van der Waals surface area contributed by atoms with Crippen LogP contribution in [0, 0.1) is 5.92 Å². The number of aromatic nitrogens is 2. The number of nitrogens with zero attached hydrogens (tertiary/aromatic N) is 2. The van der Waals surface area contributed by atoms with Crippen molar-refractivity contribution in [1.82, 2.24) is 9.38 Å². The highest BCUT2D eigenvalue weighted by Crippen LogP contribution is 2.38. The number of methoxy groups -OCH3 is 1. The van der Waals surface area contributed by atoms with Crippen LogP contribution in [0.5, 0.6) is 11.5 Å². The summed E-state index contributed by atoms with van der Waals surface area (Å²) in [7, 11) is 1.60. The van der Waals surface area contributed by atoms with Gasteiger partial charge in [-0.25, -0.2) is 4.98 Å². The lowest BCUT2D eigenvalue weighted by Gasteiger charge is -2.24. The van der Waals surface area contributed by atoms with Crippen molar-refractivity contribution >= 4 is 33.4 Å². The number of hydrogen-bond acceptors (Lipinski definition) is 5. The monoisotopic (exact) mass is 497 g/mol. The van der Waals surface area contributed by atoms with Gasteiger partial charge in [0.1, 0.15) is 17.2 Å². The minimum atomic E-state index is -0.167. The van der Waals surface area contributed by atoms with E-state index in [0.29, 0.717) is 17.5 Å². The lowest BCUT2D eigenvalue weighted by atomic mass is 9.86. The number of benzene rings is 1. The molecule has 2 saturated carbocycles.